The molecule has 0 aromatic carbocycles. The van der Waals surface area contributed by atoms with Crippen LogP contribution in [0.4, 0.5) is 11.8 Å². The second-order valence-corrected chi connectivity index (χ2v) is 4.09. The molecule has 2 heterocycles. The van der Waals surface area contributed by atoms with Gasteiger partial charge in [0.05, 0.1) is 0 Å². The van der Waals surface area contributed by atoms with Crippen LogP contribution in [0.3, 0.4) is 0 Å². The normalized spacial score (nSPS) is 10.1. The molecule has 2 rings (SSSR count). The van der Waals surface area contributed by atoms with Crippen molar-refractivity contribution in [1.29, 1.82) is 0 Å². The summed E-state index contributed by atoms with van der Waals surface area (Å²) < 4.78 is 0. The van der Waals surface area contributed by atoms with E-state index in [1.165, 1.54) is 0 Å². The number of pyridine rings is 1. The van der Waals surface area contributed by atoms with Crippen molar-refractivity contribution in [3.8, 4) is 0 Å². The summed E-state index contributed by atoms with van der Waals surface area (Å²) in [5.74, 6) is 0.593. The maximum absolute atomic E-state index is 12.0. The number of rotatable bonds is 3. The van der Waals surface area contributed by atoms with Gasteiger partial charge in [-0.25, -0.2) is 15.0 Å². The third-order valence-electron chi connectivity index (χ3n) is 2.45. The second-order valence-electron chi connectivity index (χ2n) is 4.09. The Hall–Kier alpha value is -2.50. The highest BCUT2D eigenvalue weighted by atomic mass is 16.2. The van der Waals surface area contributed by atoms with Crippen LogP contribution in [-0.4, -0.2) is 27.9 Å². The van der Waals surface area contributed by atoms with Crippen LogP contribution in [0.1, 0.15) is 21.9 Å². The quantitative estimate of drug-likeness (QED) is 0.876. The summed E-state index contributed by atoms with van der Waals surface area (Å²) in [4.78, 5) is 24.5. The highest BCUT2D eigenvalue weighted by Gasteiger charge is 2.10. The smallest absolute Gasteiger partial charge is 0.276 e. The van der Waals surface area contributed by atoms with Crippen LogP contribution in [0, 0.1) is 13.8 Å². The van der Waals surface area contributed by atoms with Gasteiger partial charge in [-0.15, -0.1) is 0 Å². The van der Waals surface area contributed by atoms with Crippen molar-refractivity contribution in [1.82, 2.24) is 15.0 Å². The summed E-state index contributed by atoms with van der Waals surface area (Å²) in [5.41, 5.74) is 1.93. The Kier molecular flexibility index (Phi) is 3.70. The molecule has 0 bridgehead atoms. The minimum atomic E-state index is -0.331. The molecule has 0 aliphatic carbocycles. The van der Waals surface area contributed by atoms with E-state index in [1.807, 2.05) is 19.9 Å². The summed E-state index contributed by atoms with van der Waals surface area (Å²) in [6, 6.07) is 7.02. The maximum Gasteiger partial charge on any atom is 0.276 e. The van der Waals surface area contributed by atoms with E-state index >= 15 is 0 Å². The van der Waals surface area contributed by atoms with Crippen LogP contribution in [-0.2, 0) is 0 Å². The molecule has 0 fully saturated rings. The molecule has 98 valence electrons. The Morgan fingerprint density at radius 1 is 1.11 bits per heavy atom. The SMILES string of the molecule is CNc1cccc(C(=O)Nc2nc(C)cc(C)n2)n1. The zero-order chi connectivity index (χ0) is 13.8. The summed E-state index contributed by atoms with van der Waals surface area (Å²) in [7, 11) is 1.75. The summed E-state index contributed by atoms with van der Waals surface area (Å²) in [6.07, 6.45) is 0. The van der Waals surface area contributed by atoms with Gasteiger partial charge in [0.2, 0.25) is 5.95 Å². The lowest BCUT2D eigenvalue weighted by Crippen LogP contribution is -2.16. The molecular weight excluding hydrogens is 242 g/mol. The van der Waals surface area contributed by atoms with Gasteiger partial charge in [-0.2, -0.15) is 0 Å². The second kappa shape index (κ2) is 5.43. The summed E-state index contributed by atoms with van der Waals surface area (Å²) in [6.45, 7) is 3.70. The van der Waals surface area contributed by atoms with E-state index in [0.29, 0.717) is 17.5 Å². The van der Waals surface area contributed by atoms with Crippen molar-refractivity contribution in [2.24, 2.45) is 0 Å². The molecule has 2 N–H and O–H groups in total. The largest absolute Gasteiger partial charge is 0.373 e. The molecule has 0 aliphatic rings. The van der Waals surface area contributed by atoms with Crippen LogP contribution in [0.2, 0.25) is 0 Å². The van der Waals surface area contributed by atoms with Gasteiger partial charge in [-0.05, 0) is 32.0 Å². The number of amides is 1. The van der Waals surface area contributed by atoms with Crippen LogP contribution in [0.5, 0.6) is 0 Å². The molecule has 0 saturated carbocycles. The molecule has 0 atom stereocenters. The first-order valence-corrected chi connectivity index (χ1v) is 5.87. The summed E-state index contributed by atoms with van der Waals surface area (Å²) >= 11 is 0. The van der Waals surface area contributed by atoms with Crippen LogP contribution < -0.4 is 10.6 Å². The average molecular weight is 257 g/mol. The van der Waals surface area contributed by atoms with E-state index in [2.05, 4.69) is 25.6 Å². The van der Waals surface area contributed by atoms with E-state index in [0.717, 1.165) is 11.4 Å². The molecular formula is C13H15N5O. The van der Waals surface area contributed by atoms with E-state index in [1.54, 1.807) is 25.2 Å². The van der Waals surface area contributed by atoms with Crippen molar-refractivity contribution in [3.05, 3.63) is 41.3 Å². The highest BCUT2D eigenvalue weighted by Crippen LogP contribution is 2.08. The Morgan fingerprint density at radius 2 is 1.79 bits per heavy atom. The summed E-state index contributed by atoms with van der Waals surface area (Å²) in [5, 5.41) is 5.52. The third-order valence-corrected chi connectivity index (χ3v) is 2.45. The molecule has 6 heteroatoms. The minimum Gasteiger partial charge on any atom is -0.373 e. The molecule has 2 aromatic heterocycles. The average Bonchev–Trinajstić information content (AvgIpc) is 2.37. The number of carbonyl (C=O) groups is 1. The number of aryl methyl sites for hydroxylation is 2. The molecule has 6 nitrogen and oxygen atoms in total. The van der Waals surface area contributed by atoms with Crippen LogP contribution >= 0.6 is 0 Å². The molecule has 2 aromatic rings. The highest BCUT2D eigenvalue weighted by molar-refractivity contribution is 6.02. The molecule has 0 spiro atoms. The number of hydrogen-bond donors (Lipinski definition) is 2. The zero-order valence-electron chi connectivity index (χ0n) is 11.1. The topological polar surface area (TPSA) is 79.8 Å². The van der Waals surface area contributed by atoms with E-state index in [4.69, 9.17) is 0 Å². The van der Waals surface area contributed by atoms with Gasteiger partial charge in [0.25, 0.3) is 5.91 Å². The van der Waals surface area contributed by atoms with Gasteiger partial charge in [-0.3, -0.25) is 10.1 Å². The number of nitrogens with zero attached hydrogens (tertiary/aromatic N) is 3. The first-order chi connectivity index (χ1) is 9.08. The van der Waals surface area contributed by atoms with Gasteiger partial charge in [0.15, 0.2) is 0 Å². The lowest BCUT2D eigenvalue weighted by molar-refractivity contribution is 0.102. The monoisotopic (exact) mass is 257 g/mol. The number of nitrogens with one attached hydrogen (secondary N) is 2. The van der Waals surface area contributed by atoms with Crippen LogP contribution in [0.15, 0.2) is 24.3 Å². The van der Waals surface area contributed by atoms with E-state index in [9.17, 15) is 4.79 Å². The van der Waals surface area contributed by atoms with Gasteiger partial charge in [0, 0.05) is 18.4 Å². The van der Waals surface area contributed by atoms with E-state index in [-0.39, 0.29) is 5.91 Å². The van der Waals surface area contributed by atoms with Gasteiger partial charge in [0.1, 0.15) is 11.5 Å². The van der Waals surface area contributed by atoms with Crippen LogP contribution in [0.25, 0.3) is 0 Å². The molecule has 0 unspecified atom stereocenters. The number of aromatic nitrogens is 3. The van der Waals surface area contributed by atoms with Crippen molar-refractivity contribution < 1.29 is 4.79 Å². The standard InChI is InChI=1S/C13H15N5O/c1-8-7-9(2)16-13(15-8)18-12(19)10-5-4-6-11(14-3)17-10/h4-7H,1-3H3,(H,14,17)(H,15,16,18,19). The van der Waals surface area contributed by atoms with Crippen molar-refractivity contribution in [2.75, 3.05) is 17.7 Å². The molecule has 0 radical (unpaired) electrons. The maximum atomic E-state index is 12.0. The zero-order valence-corrected chi connectivity index (χ0v) is 11.1. The Labute approximate surface area is 111 Å². The molecule has 0 saturated heterocycles. The lowest BCUT2D eigenvalue weighted by atomic mass is 10.3. The lowest BCUT2D eigenvalue weighted by Gasteiger charge is -2.06. The Bertz CT molecular complexity index is 591. The fourth-order valence-corrected chi connectivity index (χ4v) is 1.65. The third kappa shape index (κ3) is 3.25. The first-order valence-electron chi connectivity index (χ1n) is 5.87. The predicted molar refractivity (Wildman–Crippen MR) is 73.2 cm³/mol. The Balaban J connectivity index is 2.20. The number of hydrogen-bond acceptors (Lipinski definition) is 5. The fraction of sp³-hybridized carbons (Fsp3) is 0.231. The number of anilines is 2. The van der Waals surface area contributed by atoms with Gasteiger partial charge in [-0.1, -0.05) is 6.07 Å². The Morgan fingerprint density at radius 3 is 2.42 bits per heavy atom. The minimum absolute atomic E-state index is 0.291. The van der Waals surface area contributed by atoms with Gasteiger partial charge < -0.3 is 5.32 Å². The molecule has 19 heavy (non-hydrogen) atoms. The van der Waals surface area contributed by atoms with E-state index < -0.39 is 0 Å². The van der Waals surface area contributed by atoms with Crippen molar-refractivity contribution in [2.45, 2.75) is 13.8 Å². The first kappa shape index (κ1) is 12.9. The fourth-order valence-electron chi connectivity index (χ4n) is 1.65. The van der Waals surface area contributed by atoms with Crippen molar-refractivity contribution in [3.63, 3.8) is 0 Å². The predicted octanol–water partition coefficient (Wildman–Crippen LogP) is 1.78. The number of carbonyl (C=O) groups excluding carboxylic acids is 1. The van der Waals surface area contributed by atoms with Gasteiger partial charge >= 0.3 is 0 Å². The van der Waals surface area contributed by atoms with Crippen molar-refractivity contribution >= 4 is 17.7 Å². The molecule has 1 amide bonds. The molecule has 0 aliphatic heterocycles.